The third kappa shape index (κ3) is 23.6. The minimum Gasteiger partial charge on any atom is -0.447 e. The van der Waals surface area contributed by atoms with Crippen molar-refractivity contribution < 1.29 is 73.8 Å². The number of nitrogens with one attached hydrogen (secondary N) is 6. The van der Waals surface area contributed by atoms with Crippen molar-refractivity contribution in [2.24, 2.45) is 0 Å². The SMILES string of the molecule is CC(C)OC(=O)NC1CCC(c2ncc(-c3ccc(NC(=O)OCc4ccccc4F)cc3S(=O)(=O)NC(C)(C)C)s2)CC1.CC(C)OC(=O)NC1CCC(c2ncc(-c3ccc(NC(=O)Oc4ccc([N+](=O)[O-])cc4)cc3S(=O)(=O)NC(C)(C)C)s2)CC1.OCc1ccccc1F. The maximum absolute atomic E-state index is 13.9. The highest BCUT2D eigenvalue weighted by molar-refractivity contribution is 7.90. The summed E-state index contributed by atoms with van der Waals surface area (Å²) in [6.45, 7) is 17.1. The molecule has 0 bridgehead atoms. The zero-order chi connectivity index (χ0) is 71.7. The van der Waals surface area contributed by atoms with Crippen LogP contribution < -0.4 is 35.4 Å². The van der Waals surface area contributed by atoms with Crippen LogP contribution in [0, 0.1) is 21.7 Å². The number of aliphatic hydroxyl groups is 1. The Morgan fingerprint density at radius 1 is 0.592 bits per heavy atom. The number of nitrogens with zero attached hydrogens (tertiary/aromatic N) is 3. The molecule has 9 rings (SSSR count). The lowest BCUT2D eigenvalue weighted by Crippen LogP contribution is -2.40. The highest BCUT2D eigenvalue weighted by Crippen LogP contribution is 2.42. The second kappa shape index (κ2) is 34.3. The molecule has 98 heavy (non-hydrogen) atoms. The summed E-state index contributed by atoms with van der Waals surface area (Å²) in [4.78, 5) is 69.9. The van der Waals surface area contributed by atoms with Gasteiger partial charge in [-0.1, -0.05) is 48.5 Å². The van der Waals surface area contributed by atoms with Gasteiger partial charge in [0.05, 0.1) is 53.3 Å². The Hall–Kier alpha value is -8.52. The summed E-state index contributed by atoms with van der Waals surface area (Å²) in [5, 5.41) is 32.0. The maximum atomic E-state index is 13.9. The monoisotopic (exact) mass is 1430 g/mol. The number of alkyl carbamates (subject to hydrolysis) is 2. The first-order valence-electron chi connectivity index (χ1n) is 31.6. The number of benzene rings is 5. The Bertz CT molecular complexity index is 4130. The zero-order valence-corrected chi connectivity index (χ0v) is 59.2. The van der Waals surface area contributed by atoms with Crippen molar-refractivity contribution in [3.63, 3.8) is 0 Å². The van der Waals surface area contributed by atoms with E-state index in [4.69, 9.17) is 24.1 Å². The summed E-state index contributed by atoms with van der Waals surface area (Å²) in [6, 6.07) is 26.3. The minimum atomic E-state index is -4.05. The Labute approximate surface area is 577 Å². The van der Waals surface area contributed by atoms with Crippen LogP contribution >= 0.6 is 22.7 Å². The van der Waals surface area contributed by atoms with Gasteiger partial charge in [0.1, 0.15) is 24.0 Å². The van der Waals surface area contributed by atoms with Crippen LogP contribution in [0.1, 0.15) is 154 Å². The number of rotatable bonds is 19. The fraction of sp³-hybridized carbons (Fsp3) is 0.412. The quantitative estimate of drug-likeness (QED) is 0.0225. The third-order valence-corrected chi connectivity index (χ3v) is 20.7. The van der Waals surface area contributed by atoms with E-state index in [9.17, 15) is 54.9 Å². The molecule has 2 fully saturated rings. The van der Waals surface area contributed by atoms with Gasteiger partial charge >= 0.3 is 24.4 Å². The molecule has 30 heteroatoms. The average Bonchev–Trinajstić information content (AvgIpc) is 1.42. The smallest absolute Gasteiger partial charge is 0.417 e. The number of hydrogen-bond acceptors (Lipinski definition) is 19. The van der Waals surface area contributed by atoms with Gasteiger partial charge < -0.3 is 34.7 Å². The first-order chi connectivity index (χ1) is 46.1. The standard InChI is InChI=1S/C31H39FN4O6S2.C30H37N5O8S2.C7H7FO/c1-19(2)42-30(38)34-22-12-10-20(11-13-22)28-33-17-26(43-28)24-15-14-23(16-27(24)44(39,40)36-31(3,4)5)35-29(37)41-18-21-8-6-7-9-25(21)32;1-18(2)42-28(36)32-20-8-6-19(7-9-20)27-31-17-25(44-27)24-15-10-21(16-26(24)45(40,41)34-30(3,4)5)33-29(37)43-23-13-11-22(12-14-23)35(38)39;8-7-4-2-1-3-6(7)5-9/h6-9,14-17,19-20,22,36H,10-13,18H2,1-5H3,(H,34,38)(H,35,37);10-20,34H,6-9H2,1-5H3,(H,32,36)(H,33,37);1-4,9H,5H2. The number of thiazole rings is 2. The van der Waals surface area contributed by atoms with E-state index in [1.807, 2.05) is 0 Å². The number of sulfonamides is 2. The van der Waals surface area contributed by atoms with E-state index in [0.29, 0.717) is 26.4 Å². The normalized spacial score (nSPS) is 16.4. The molecule has 7 N–H and O–H groups in total. The van der Waals surface area contributed by atoms with Gasteiger partial charge in [-0.25, -0.2) is 64.2 Å². The highest BCUT2D eigenvalue weighted by Gasteiger charge is 2.32. The number of hydrogen-bond donors (Lipinski definition) is 7. The van der Waals surface area contributed by atoms with E-state index >= 15 is 0 Å². The van der Waals surface area contributed by atoms with E-state index in [1.165, 1.54) is 83.3 Å². The molecule has 5 aromatic carbocycles. The Balaban J connectivity index is 0.000000244. The zero-order valence-electron chi connectivity index (χ0n) is 56.0. The Kier molecular flexibility index (Phi) is 26.9. The third-order valence-electron chi connectivity index (χ3n) is 14.7. The first kappa shape index (κ1) is 76.8. The van der Waals surface area contributed by atoms with Crippen molar-refractivity contribution >= 4 is 84.2 Å². The van der Waals surface area contributed by atoms with Crippen LogP contribution in [0.4, 0.5) is 45.0 Å². The van der Waals surface area contributed by atoms with Crippen LogP contribution in [0.3, 0.4) is 0 Å². The van der Waals surface area contributed by atoms with Gasteiger partial charge in [-0.15, -0.1) is 22.7 Å². The van der Waals surface area contributed by atoms with Gasteiger partial charge in [0, 0.05) is 93.2 Å². The first-order valence-corrected chi connectivity index (χ1v) is 36.2. The molecule has 2 aromatic heterocycles. The highest BCUT2D eigenvalue weighted by atomic mass is 32.2. The molecule has 0 aliphatic heterocycles. The number of carbonyl (C=O) groups is 4. The second-order valence-electron chi connectivity index (χ2n) is 25.9. The van der Waals surface area contributed by atoms with Crippen molar-refractivity contribution in [3.8, 4) is 26.6 Å². The largest absolute Gasteiger partial charge is 0.447 e. The Morgan fingerprint density at radius 2 is 1.00 bits per heavy atom. The number of carbonyl (C=O) groups excluding carboxylic acids is 4. The van der Waals surface area contributed by atoms with Crippen molar-refractivity contribution in [1.29, 1.82) is 0 Å². The van der Waals surface area contributed by atoms with Gasteiger partial charge in [-0.05, 0) is 169 Å². The predicted molar refractivity (Wildman–Crippen MR) is 370 cm³/mol. The number of nitro benzene ring substituents is 1. The molecule has 2 saturated carbocycles. The molecule has 7 aromatic rings. The topological polar surface area (TPSA) is 335 Å². The van der Waals surface area contributed by atoms with Crippen molar-refractivity contribution in [2.75, 3.05) is 10.6 Å². The van der Waals surface area contributed by atoms with Crippen LogP contribution in [0.25, 0.3) is 20.9 Å². The summed E-state index contributed by atoms with van der Waals surface area (Å²) >= 11 is 2.84. The lowest BCUT2D eigenvalue weighted by Gasteiger charge is -2.28. The molecule has 2 aliphatic carbocycles. The molecule has 24 nitrogen and oxygen atoms in total. The second-order valence-corrected chi connectivity index (χ2v) is 31.3. The van der Waals surface area contributed by atoms with Crippen molar-refractivity contribution in [3.05, 3.63) is 164 Å². The molecular weight excluding hydrogens is 1350 g/mol. The van der Waals surface area contributed by atoms with Crippen molar-refractivity contribution in [2.45, 2.75) is 191 Å². The number of halogens is 2. The Morgan fingerprint density at radius 3 is 1.38 bits per heavy atom. The van der Waals surface area contributed by atoms with Crippen LogP contribution in [0.5, 0.6) is 5.75 Å². The number of non-ortho nitro benzene ring substituents is 1. The van der Waals surface area contributed by atoms with Crippen molar-refractivity contribution in [1.82, 2.24) is 30.0 Å². The maximum Gasteiger partial charge on any atom is 0.417 e. The van der Waals surface area contributed by atoms with Gasteiger partial charge in [0.25, 0.3) is 5.69 Å². The summed E-state index contributed by atoms with van der Waals surface area (Å²) in [5.74, 6) is -0.405. The lowest BCUT2D eigenvalue weighted by molar-refractivity contribution is -0.384. The van der Waals surface area contributed by atoms with Crippen LogP contribution in [0.2, 0.25) is 0 Å². The van der Waals surface area contributed by atoms with Gasteiger partial charge in [0.2, 0.25) is 20.0 Å². The fourth-order valence-corrected chi connectivity index (χ4v) is 16.1. The minimum absolute atomic E-state index is 0.0221. The van der Waals surface area contributed by atoms with E-state index in [2.05, 4.69) is 40.7 Å². The molecule has 528 valence electrons. The number of aliphatic hydroxyl groups excluding tert-OH is 1. The van der Waals surface area contributed by atoms with E-state index in [-0.39, 0.29) is 93.3 Å². The number of amides is 4. The molecule has 0 saturated heterocycles. The number of ether oxygens (including phenoxy) is 4. The fourth-order valence-electron chi connectivity index (χ4n) is 10.4. The van der Waals surface area contributed by atoms with E-state index in [1.54, 1.807) is 130 Å². The molecular formula is C68H83F2N9O15S4. The molecule has 0 atom stereocenters. The average molecular weight is 1430 g/mol. The van der Waals surface area contributed by atoms with E-state index in [0.717, 1.165) is 61.4 Å². The van der Waals surface area contributed by atoms with E-state index < -0.39 is 66.2 Å². The molecule has 2 aliphatic rings. The predicted octanol–water partition coefficient (Wildman–Crippen LogP) is 14.8. The van der Waals surface area contributed by atoms with Gasteiger partial charge in [-0.3, -0.25) is 20.7 Å². The molecule has 0 spiro atoms. The summed E-state index contributed by atoms with van der Waals surface area (Å²) in [5.41, 5.74) is 0.123. The summed E-state index contributed by atoms with van der Waals surface area (Å²) < 4.78 is 107. The summed E-state index contributed by atoms with van der Waals surface area (Å²) in [6.07, 6.45) is 6.79. The lowest BCUT2D eigenvalue weighted by atomic mass is 9.86. The van der Waals surface area contributed by atoms with Crippen LogP contribution in [0.15, 0.2) is 131 Å². The molecule has 4 amide bonds. The molecule has 0 radical (unpaired) electrons. The van der Waals surface area contributed by atoms with Gasteiger partial charge in [0.15, 0.2) is 0 Å². The van der Waals surface area contributed by atoms with Crippen LogP contribution in [-0.2, 0) is 47.5 Å². The number of nitro groups is 1. The van der Waals surface area contributed by atoms with Crippen LogP contribution in [-0.4, -0.2) is 96.6 Å². The van der Waals surface area contributed by atoms with Gasteiger partial charge in [-0.2, -0.15) is 0 Å². The molecule has 0 unspecified atom stereocenters. The summed E-state index contributed by atoms with van der Waals surface area (Å²) in [7, 11) is -8.07. The molecule has 2 heterocycles. The number of aromatic nitrogens is 2. The number of anilines is 2.